The zero-order chi connectivity index (χ0) is 14.2. The van der Waals surface area contributed by atoms with Crippen LogP contribution in [-0.2, 0) is 12.8 Å². The number of hydrogen-bond donors (Lipinski definition) is 1. The highest BCUT2D eigenvalue weighted by molar-refractivity contribution is 9.10. The van der Waals surface area contributed by atoms with Crippen LogP contribution >= 0.6 is 15.9 Å². The highest BCUT2D eigenvalue weighted by Gasteiger charge is 2.09. The first-order valence-electron chi connectivity index (χ1n) is 7.24. The van der Waals surface area contributed by atoms with Crippen LogP contribution in [0.15, 0.2) is 59.1 Å². The lowest BCUT2D eigenvalue weighted by Gasteiger charge is -2.17. The van der Waals surface area contributed by atoms with Crippen LogP contribution in [0.2, 0.25) is 0 Å². The Balaban J connectivity index is 1.82. The van der Waals surface area contributed by atoms with Crippen molar-refractivity contribution >= 4 is 15.9 Å². The Labute approximate surface area is 130 Å². The van der Waals surface area contributed by atoms with Crippen molar-refractivity contribution in [1.82, 2.24) is 5.32 Å². The zero-order valence-corrected chi connectivity index (χ0v) is 13.6. The van der Waals surface area contributed by atoms with Gasteiger partial charge in [0.1, 0.15) is 0 Å². The van der Waals surface area contributed by atoms with E-state index in [0.29, 0.717) is 6.04 Å². The SMILES string of the molecule is CNC(CCCc1ccccc1)Cc1ccccc1Br. The Morgan fingerprint density at radius 1 is 1.00 bits per heavy atom. The third kappa shape index (κ3) is 4.77. The summed E-state index contributed by atoms with van der Waals surface area (Å²) >= 11 is 3.63. The average Bonchev–Trinajstić information content (AvgIpc) is 2.49. The van der Waals surface area contributed by atoms with Crippen LogP contribution in [0, 0.1) is 0 Å². The third-order valence-electron chi connectivity index (χ3n) is 3.69. The number of halogens is 1. The van der Waals surface area contributed by atoms with Crippen molar-refractivity contribution < 1.29 is 0 Å². The number of hydrogen-bond acceptors (Lipinski definition) is 1. The fourth-order valence-electron chi connectivity index (χ4n) is 2.48. The van der Waals surface area contributed by atoms with E-state index >= 15 is 0 Å². The Hall–Kier alpha value is -1.12. The molecule has 0 fully saturated rings. The normalized spacial score (nSPS) is 12.3. The number of aryl methyl sites for hydroxylation is 1. The highest BCUT2D eigenvalue weighted by Crippen LogP contribution is 2.19. The third-order valence-corrected chi connectivity index (χ3v) is 4.47. The van der Waals surface area contributed by atoms with Gasteiger partial charge in [0.05, 0.1) is 0 Å². The van der Waals surface area contributed by atoms with Crippen LogP contribution in [-0.4, -0.2) is 13.1 Å². The van der Waals surface area contributed by atoms with Crippen LogP contribution in [0.25, 0.3) is 0 Å². The first kappa shape index (κ1) is 15.3. The van der Waals surface area contributed by atoms with E-state index in [-0.39, 0.29) is 0 Å². The minimum absolute atomic E-state index is 0.539. The molecular weight excluding hydrogens is 310 g/mol. The molecule has 0 aromatic heterocycles. The summed E-state index contributed by atoms with van der Waals surface area (Å²) in [6.45, 7) is 0. The maximum Gasteiger partial charge on any atom is 0.0207 e. The maximum absolute atomic E-state index is 3.63. The van der Waals surface area contributed by atoms with E-state index in [1.54, 1.807) is 0 Å². The molecule has 1 nitrogen and oxygen atoms in total. The topological polar surface area (TPSA) is 12.0 Å². The zero-order valence-electron chi connectivity index (χ0n) is 12.0. The van der Waals surface area contributed by atoms with Crippen molar-refractivity contribution in [2.45, 2.75) is 31.7 Å². The van der Waals surface area contributed by atoms with Crippen LogP contribution in [0.5, 0.6) is 0 Å². The van der Waals surface area contributed by atoms with Gasteiger partial charge < -0.3 is 5.32 Å². The molecule has 0 radical (unpaired) electrons. The van der Waals surface area contributed by atoms with Gasteiger partial charge in [-0.2, -0.15) is 0 Å². The monoisotopic (exact) mass is 331 g/mol. The summed E-state index contributed by atoms with van der Waals surface area (Å²) in [5.74, 6) is 0. The number of benzene rings is 2. The molecule has 0 aliphatic rings. The van der Waals surface area contributed by atoms with Crippen LogP contribution in [0.4, 0.5) is 0 Å². The van der Waals surface area contributed by atoms with Gasteiger partial charge in [-0.15, -0.1) is 0 Å². The standard InChI is InChI=1S/C18H22BrN/c1-20-17(14-16-11-5-6-13-18(16)19)12-7-10-15-8-3-2-4-9-15/h2-6,8-9,11,13,17,20H,7,10,12,14H2,1H3. The molecule has 2 aromatic carbocycles. The largest absolute Gasteiger partial charge is 0.317 e. The van der Waals surface area contributed by atoms with E-state index in [1.807, 2.05) is 0 Å². The van der Waals surface area contributed by atoms with Crippen molar-refractivity contribution in [2.24, 2.45) is 0 Å². The van der Waals surface area contributed by atoms with Gasteiger partial charge in [-0.3, -0.25) is 0 Å². The fourth-order valence-corrected chi connectivity index (χ4v) is 2.92. The van der Waals surface area contributed by atoms with Gasteiger partial charge >= 0.3 is 0 Å². The summed E-state index contributed by atoms with van der Waals surface area (Å²) in [4.78, 5) is 0. The predicted octanol–water partition coefficient (Wildman–Crippen LogP) is 4.60. The van der Waals surface area contributed by atoms with Gasteiger partial charge in [-0.1, -0.05) is 64.5 Å². The molecule has 0 aliphatic carbocycles. The van der Waals surface area contributed by atoms with E-state index in [2.05, 4.69) is 82.9 Å². The molecule has 1 N–H and O–H groups in total. The minimum atomic E-state index is 0.539. The Morgan fingerprint density at radius 2 is 1.70 bits per heavy atom. The van der Waals surface area contributed by atoms with Gasteiger partial charge in [0.25, 0.3) is 0 Å². The molecule has 106 valence electrons. The van der Waals surface area contributed by atoms with Crippen molar-refractivity contribution in [2.75, 3.05) is 7.05 Å². The van der Waals surface area contributed by atoms with E-state index in [0.717, 1.165) is 12.8 Å². The summed E-state index contributed by atoms with van der Waals surface area (Å²) in [5, 5.41) is 3.44. The fraction of sp³-hybridized carbons (Fsp3) is 0.333. The first-order valence-corrected chi connectivity index (χ1v) is 8.03. The van der Waals surface area contributed by atoms with Gasteiger partial charge in [-0.25, -0.2) is 0 Å². The quantitative estimate of drug-likeness (QED) is 0.781. The Bertz CT molecular complexity index is 510. The van der Waals surface area contributed by atoms with Crippen molar-refractivity contribution in [3.63, 3.8) is 0 Å². The molecule has 0 saturated heterocycles. The second-order valence-electron chi connectivity index (χ2n) is 5.16. The van der Waals surface area contributed by atoms with Crippen molar-refractivity contribution in [3.05, 3.63) is 70.2 Å². The van der Waals surface area contributed by atoms with E-state index in [9.17, 15) is 0 Å². The van der Waals surface area contributed by atoms with Crippen LogP contribution < -0.4 is 5.32 Å². The molecule has 0 saturated carbocycles. The molecule has 0 amide bonds. The Kier molecular flexibility index (Phi) is 6.28. The lowest BCUT2D eigenvalue weighted by molar-refractivity contribution is 0.501. The van der Waals surface area contributed by atoms with E-state index in [1.165, 1.54) is 28.4 Å². The molecule has 1 unspecified atom stereocenters. The van der Waals surface area contributed by atoms with Crippen LogP contribution in [0.3, 0.4) is 0 Å². The van der Waals surface area contributed by atoms with Gasteiger partial charge in [0.2, 0.25) is 0 Å². The second kappa shape index (κ2) is 8.23. The van der Waals surface area contributed by atoms with E-state index < -0.39 is 0 Å². The molecule has 1 atom stereocenters. The average molecular weight is 332 g/mol. The number of nitrogens with one attached hydrogen (secondary N) is 1. The molecule has 2 aromatic rings. The van der Waals surface area contributed by atoms with E-state index in [4.69, 9.17) is 0 Å². The summed E-state index contributed by atoms with van der Waals surface area (Å²) < 4.78 is 1.21. The molecular formula is C18H22BrN. The molecule has 0 bridgehead atoms. The van der Waals surface area contributed by atoms with Gasteiger partial charge in [0, 0.05) is 10.5 Å². The number of rotatable bonds is 7. The Morgan fingerprint density at radius 3 is 2.40 bits per heavy atom. The maximum atomic E-state index is 3.63. The summed E-state index contributed by atoms with van der Waals surface area (Å²) in [7, 11) is 2.06. The van der Waals surface area contributed by atoms with Crippen molar-refractivity contribution in [3.8, 4) is 0 Å². The van der Waals surface area contributed by atoms with Gasteiger partial charge in [0.15, 0.2) is 0 Å². The van der Waals surface area contributed by atoms with Crippen LogP contribution in [0.1, 0.15) is 24.0 Å². The molecule has 2 rings (SSSR count). The number of likely N-dealkylation sites (N-methyl/N-ethyl adjacent to an activating group) is 1. The first-order chi connectivity index (χ1) is 9.79. The molecule has 2 heteroatoms. The minimum Gasteiger partial charge on any atom is -0.317 e. The summed E-state index contributed by atoms with van der Waals surface area (Å²) in [6, 6.07) is 19.8. The predicted molar refractivity (Wildman–Crippen MR) is 90.1 cm³/mol. The van der Waals surface area contributed by atoms with Crippen molar-refractivity contribution in [1.29, 1.82) is 0 Å². The molecule has 0 spiro atoms. The highest BCUT2D eigenvalue weighted by atomic mass is 79.9. The van der Waals surface area contributed by atoms with Gasteiger partial charge in [-0.05, 0) is 49.9 Å². The summed E-state index contributed by atoms with van der Waals surface area (Å²) in [6.07, 6.45) is 4.66. The lowest BCUT2D eigenvalue weighted by Crippen LogP contribution is -2.27. The molecule has 0 heterocycles. The smallest absolute Gasteiger partial charge is 0.0207 e. The summed E-state index contributed by atoms with van der Waals surface area (Å²) in [5.41, 5.74) is 2.81. The lowest BCUT2D eigenvalue weighted by atomic mass is 9.99. The second-order valence-corrected chi connectivity index (χ2v) is 6.01. The molecule has 0 aliphatic heterocycles. The molecule has 20 heavy (non-hydrogen) atoms.